The fourth-order valence-electron chi connectivity index (χ4n) is 0.794. The zero-order chi connectivity index (χ0) is 8.53. The van der Waals surface area contributed by atoms with Gasteiger partial charge in [0, 0.05) is 0 Å². The lowest BCUT2D eigenvalue weighted by atomic mass is 10.2. The van der Waals surface area contributed by atoms with Crippen LogP contribution in [0.5, 0.6) is 0 Å². The zero-order valence-corrected chi connectivity index (χ0v) is 7.38. The maximum absolute atomic E-state index is 5.22. The van der Waals surface area contributed by atoms with E-state index in [2.05, 4.69) is 25.2 Å². The molecule has 0 aliphatic carbocycles. The standard InChI is InChI=1S/C10H17N/c1-3-4-5-6-7-10(2)8-9-11/h3-4,7-9H,5-6,11H2,1-2H3/b4-3-,9-8-,10-7-. The molecule has 62 valence electrons. The van der Waals surface area contributed by atoms with Crippen molar-refractivity contribution in [2.45, 2.75) is 26.7 Å². The van der Waals surface area contributed by atoms with Crippen LogP contribution >= 0.6 is 0 Å². The van der Waals surface area contributed by atoms with Gasteiger partial charge in [-0.3, -0.25) is 0 Å². The quantitative estimate of drug-likeness (QED) is 0.373. The molecule has 0 aliphatic heterocycles. The van der Waals surface area contributed by atoms with E-state index in [0.29, 0.717) is 0 Å². The second-order valence-corrected chi connectivity index (χ2v) is 2.45. The van der Waals surface area contributed by atoms with E-state index in [1.807, 2.05) is 13.0 Å². The third-order valence-electron chi connectivity index (χ3n) is 1.39. The van der Waals surface area contributed by atoms with Crippen LogP contribution in [-0.4, -0.2) is 0 Å². The summed E-state index contributed by atoms with van der Waals surface area (Å²) < 4.78 is 0. The van der Waals surface area contributed by atoms with Crippen LogP contribution in [-0.2, 0) is 0 Å². The van der Waals surface area contributed by atoms with E-state index in [1.165, 1.54) is 5.57 Å². The molecule has 0 spiro atoms. The summed E-state index contributed by atoms with van der Waals surface area (Å²) in [6.45, 7) is 4.09. The smallest absolute Gasteiger partial charge is 0.00598 e. The Morgan fingerprint density at radius 3 is 2.64 bits per heavy atom. The van der Waals surface area contributed by atoms with Crippen LogP contribution in [0.1, 0.15) is 26.7 Å². The van der Waals surface area contributed by atoms with E-state index in [9.17, 15) is 0 Å². The molecule has 0 aromatic rings. The molecule has 2 N–H and O–H groups in total. The van der Waals surface area contributed by atoms with E-state index < -0.39 is 0 Å². The molecule has 0 aromatic heterocycles. The lowest BCUT2D eigenvalue weighted by molar-refractivity contribution is 1.04. The van der Waals surface area contributed by atoms with Crippen molar-refractivity contribution in [3.05, 3.63) is 36.1 Å². The maximum atomic E-state index is 5.22. The Balaban J connectivity index is 3.56. The average Bonchev–Trinajstić information content (AvgIpc) is 1.99. The first-order valence-corrected chi connectivity index (χ1v) is 3.97. The SMILES string of the molecule is C/C=C\CC/C=C(C)\C=C/N. The van der Waals surface area contributed by atoms with Crippen LogP contribution in [0.3, 0.4) is 0 Å². The van der Waals surface area contributed by atoms with Gasteiger partial charge in [0.2, 0.25) is 0 Å². The second-order valence-electron chi connectivity index (χ2n) is 2.45. The van der Waals surface area contributed by atoms with Crippen LogP contribution < -0.4 is 5.73 Å². The fraction of sp³-hybridized carbons (Fsp3) is 0.400. The zero-order valence-electron chi connectivity index (χ0n) is 7.38. The van der Waals surface area contributed by atoms with Gasteiger partial charge in [-0.15, -0.1) is 0 Å². The van der Waals surface area contributed by atoms with Crippen molar-refractivity contribution in [3.63, 3.8) is 0 Å². The molecule has 0 aliphatic rings. The number of allylic oxidation sites excluding steroid dienone is 5. The van der Waals surface area contributed by atoms with Crippen molar-refractivity contribution in [2.75, 3.05) is 0 Å². The normalized spacial score (nSPS) is 13.5. The second kappa shape index (κ2) is 7.13. The minimum atomic E-state index is 1.10. The first-order chi connectivity index (χ1) is 5.31. The largest absolute Gasteiger partial charge is 0.405 e. The van der Waals surface area contributed by atoms with E-state index in [0.717, 1.165) is 12.8 Å². The lowest BCUT2D eigenvalue weighted by Crippen LogP contribution is -1.77. The molecule has 0 saturated carbocycles. The third kappa shape index (κ3) is 6.91. The summed E-state index contributed by atoms with van der Waals surface area (Å²) in [5, 5.41) is 0. The van der Waals surface area contributed by atoms with Gasteiger partial charge in [-0.25, -0.2) is 0 Å². The number of hydrogen-bond acceptors (Lipinski definition) is 1. The molecule has 11 heavy (non-hydrogen) atoms. The molecule has 0 atom stereocenters. The van der Waals surface area contributed by atoms with Crippen molar-refractivity contribution >= 4 is 0 Å². The van der Waals surface area contributed by atoms with Crippen molar-refractivity contribution in [1.82, 2.24) is 0 Å². The van der Waals surface area contributed by atoms with Crippen LogP contribution in [0, 0.1) is 0 Å². The van der Waals surface area contributed by atoms with Crippen LogP contribution in [0.2, 0.25) is 0 Å². The van der Waals surface area contributed by atoms with Gasteiger partial charge in [-0.2, -0.15) is 0 Å². The minimum absolute atomic E-state index is 1.10. The highest BCUT2D eigenvalue weighted by atomic mass is 14.5. The molecule has 0 saturated heterocycles. The number of rotatable bonds is 4. The molecular formula is C10H17N. The van der Waals surface area contributed by atoms with Gasteiger partial charge in [-0.1, -0.05) is 23.8 Å². The summed E-state index contributed by atoms with van der Waals surface area (Å²) in [5.41, 5.74) is 6.46. The predicted octanol–water partition coefficient (Wildman–Crippen LogP) is 2.76. The Bertz CT molecular complexity index is 164. The van der Waals surface area contributed by atoms with Gasteiger partial charge in [0.1, 0.15) is 0 Å². The van der Waals surface area contributed by atoms with Crippen molar-refractivity contribution < 1.29 is 0 Å². The van der Waals surface area contributed by atoms with E-state index in [4.69, 9.17) is 5.73 Å². The molecule has 0 aromatic carbocycles. The topological polar surface area (TPSA) is 26.0 Å². The highest BCUT2D eigenvalue weighted by Gasteiger charge is 1.79. The van der Waals surface area contributed by atoms with E-state index in [-0.39, 0.29) is 0 Å². The van der Waals surface area contributed by atoms with Gasteiger partial charge in [0.15, 0.2) is 0 Å². The summed E-state index contributed by atoms with van der Waals surface area (Å²) in [6.07, 6.45) is 12.1. The Morgan fingerprint density at radius 2 is 2.09 bits per heavy atom. The Hall–Kier alpha value is -0.980. The van der Waals surface area contributed by atoms with Crippen LogP contribution in [0.4, 0.5) is 0 Å². The van der Waals surface area contributed by atoms with Gasteiger partial charge >= 0.3 is 0 Å². The van der Waals surface area contributed by atoms with E-state index in [1.54, 1.807) is 6.20 Å². The molecule has 0 rings (SSSR count). The van der Waals surface area contributed by atoms with Crippen molar-refractivity contribution in [1.29, 1.82) is 0 Å². The average molecular weight is 151 g/mol. The summed E-state index contributed by atoms with van der Waals surface area (Å²) in [4.78, 5) is 0. The highest BCUT2D eigenvalue weighted by molar-refractivity contribution is 5.14. The van der Waals surface area contributed by atoms with Gasteiger partial charge in [0.05, 0.1) is 0 Å². The van der Waals surface area contributed by atoms with Gasteiger partial charge in [-0.05, 0) is 39.0 Å². The number of hydrogen-bond donors (Lipinski definition) is 1. The van der Waals surface area contributed by atoms with Gasteiger partial charge < -0.3 is 5.73 Å². The first-order valence-electron chi connectivity index (χ1n) is 3.97. The molecule has 0 bridgehead atoms. The summed E-state index contributed by atoms with van der Waals surface area (Å²) >= 11 is 0. The van der Waals surface area contributed by atoms with Gasteiger partial charge in [0.25, 0.3) is 0 Å². The Morgan fingerprint density at radius 1 is 1.36 bits per heavy atom. The maximum Gasteiger partial charge on any atom is -0.00598 e. The van der Waals surface area contributed by atoms with Crippen molar-refractivity contribution in [3.8, 4) is 0 Å². The lowest BCUT2D eigenvalue weighted by Gasteiger charge is -1.90. The summed E-state index contributed by atoms with van der Waals surface area (Å²) in [5.74, 6) is 0. The first kappa shape index (κ1) is 10.0. The fourth-order valence-corrected chi connectivity index (χ4v) is 0.794. The Labute approximate surface area is 69.3 Å². The molecule has 0 unspecified atom stereocenters. The predicted molar refractivity (Wildman–Crippen MR) is 51.1 cm³/mol. The number of unbranched alkanes of at least 4 members (excludes halogenated alkanes) is 1. The molecule has 0 amide bonds. The molecular weight excluding hydrogens is 134 g/mol. The minimum Gasteiger partial charge on any atom is -0.405 e. The van der Waals surface area contributed by atoms with Crippen LogP contribution in [0.25, 0.3) is 0 Å². The van der Waals surface area contributed by atoms with Crippen molar-refractivity contribution in [2.24, 2.45) is 5.73 Å². The number of nitrogens with two attached hydrogens (primary N) is 1. The summed E-state index contributed by atoms with van der Waals surface area (Å²) in [7, 11) is 0. The highest BCUT2D eigenvalue weighted by Crippen LogP contribution is 1.99. The summed E-state index contributed by atoms with van der Waals surface area (Å²) in [6, 6.07) is 0. The van der Waals surface area contributed by atoms with Crippen LogP contribution in [0.15, 0.2) is 36.1 Å². The van der Waals surface area contributed by atoms with E-state index >= 15 is 0 Å². The third-order valence-corrected chi connectivity index (χ3v) is 1.39. The molecule has 1 nitrogen and oxygen atoms in total. The molecule has 1 heteroatoms. The molecule has 0 fully saturated rings. The monoisotopic (exact) mass is 151 g/mol. The molecule has 0 radical (unpaired) electrons. The Kier molecular flexibility index (Phi) is 6.50. The molecule has 0 heterocycles.